The average Bonchev–Trinajstić information content (AvgIpc) is 2.62. The summed E-state index contributed by atoms with van der Waals surface area (Å²) in [6.07, 6.45) is 16.1. The Morgan fingerprint density at radius 2 is 1.35 bits per heavy atom. The number of allylic oxidation sites excluding steroid dienone is 1. The van der Waals surface area contributed by atoms with Crippen molar-refractivity contribution in [3.63, 3.8) is 0 Å². The first kappa shape index (κ1) is 25.5. The van der Waals surface area contributed by atoms with Crippen LogP contribution in [0.3, 0.4) is 0 Å². The summed E-state index contributed by atoms with van der Waals surface area (Å²) < 4.78 is 4.99. The van der Waals surface area contributed by atoms with E-state index < -0.39 is 24.5 Å². The van der Waals surface area contributed by atoms with Gasteiger partial charge in [0.1, 0.15) is 6.10 Å². The molecule has 0 heterocycles. The second kappa shape index (κ2) is 17.9. The van der Waals surface area contributed by atoms with Gasteiger partial charge >= 0.3 is 0 Å². The van der Waals surface area contributed by atoms with E-state index in [9.17, 15) is 10.2 Å². The average molecular weight is 374 g/mol. The molecular formula is C21H43NO4. The van der Waals surface area contributed by atoms with Crippen molar-refractivity contribution in [3.8, 4) is 0 Å². The van der Waals surface area contributed by atoms with Gasteiger partial charge in [-0.1, -0.05) is 83.3 Å². The molecule has 0 rings (SSSR count). The maximum atomic E-state index is 9.91. The Morgan fingerprint density at radius 3 is 1.85 bits per heavy atom. The van der Waals surface area contributed by atoms with Gasteiger partial charge in [0.2, 0.25) is 0 Å². The lowest BCUT2D eigenvalue weighted by Gasteiger charge is -2.20. The lowest BCUT2D eigenvalue weighted by atomic mass is 10.0. The van der Waals surface area contributed by atoms with E-state index in [1.54, 1.807) is 6.08 Å². The third-order valence-electron chi connectivity index (χ3n) is 4.62. The molecule has 0 aromatic rings. The molecule has 0 aromatic carbocycles. The minimum absolute atomic E-state index is 0.00395. The van der Waals surface area contributed by atoms with Crippen LogP contribution in [0, 0.1) is 0 Å². The van der Waals surface area contributed by atoms with Crippen LogP contribution in [0.15, 0.2) is 12.2 Å². The van der Waals surface area contributed by atoms with Gasteiger partial charge in [0, 0.05) is 0 Å². The highest BCUT2D eigenvalue weighted by Gasteiger charge is 2.16. The topological polar surface area (TPSA) is 95.9 Å². The van der Waals surface area contributed by atoms with Crippen LogP contribution >= 0.6 is 0 Å². The number of unbranched alkanes of at least 4 members (excludes halogenated alkanes) is 11. The summed E-state index contributed by atoms with van der Waals surface area (Å²) in [4.78, 5) is 0. The third-order valence-corrected chi connectivity index (χ3v) is 4.62. The first-order chi connectivity index (χ1) is 12.5. The van der Waals surface area contributed by atoms with E-state index in [1.165, 1.54) is 71.1 Å². The first-order valence-corrected chi connectivity index (χ1v) is 10.6. The molecule has 0 saturated carbocycles. The fraction of sp³-hybridized carbons (Fsp3) is 0.905. The number of hydrogen-bond donors (Lipinski definition) is 4. The zero-order chi connectivity index (χ0) is 19.6. The Kier molecular flexibility index (Phi) is 17.6. The monoisotopic (exact) mass is 373 g/mol. The predicted octanol–water partition coefficient (Wildman–Crippen LogP) is 3.65. The van der Waals surface area contributed by atoms with E-state index in [0.717, 1.165) is 12.8 Å². The van der Waals surface area contributed by atoms with Gasteiger partial charge in [0.05, 0.1) is 18.8 Å². The zero-order valence-electron chi connectivity index (χ0n) is 17.0. The lowest BCUT2D eigenvalue weighted by molar-refractivity contribution is -0.161. The third kappa shape index (κ3) is 15.8. The molecule has 0 fully saturated rings. The van der Waals surface area contributed by atoms with Crippen LogP contribution in [0.1, 0.15) is 90.9 Å². The molecule has 5 nitrogen and oxygen atoms in total. The summed E-state index contributed by atoms with van der Waals surface area (Å²) >= 11 is 0. The smallest absolute Gasteiger partial charge is 0.180 e. The maximum Gasteiger partial charge on any atom is 0.180 e. The molecule has 5 heteroatoms. The van der Waals surface area contributed by atoms with Crippen LogP contribution in [0.2, 0.25) is 0 Å². The van der Waals surface area contributed by atoms with Crippen molar-refractivity contribution >= 4 is 0 Å². The van der Waals surface area contributed by atoms with Crippen LogP contribution in [-0.2, 0) is 4.74 Å². The fourth-order valence-electron chi connectivity index (χ4n) is 2.75. The molecular weight excluding hydrogens is 330 g/mol. The van der Waals surface area contributed by atoms with Gasteiger partial charge in [-0.3, -0.25) is 0 Å². The number of ether oxygens (including phenoxy) is 1. The van der Waals surface area contributed by atoms with Crippen molar-refractivity contribution in [1.82, 2.24) is 0 Å². The molecule has 0 saturated heterocycles. The van der Waals surface area contributed by atoms with Gasteiger partial charge in [-0.05, 0) is 19.8 Å². The minimum atomic E-state index is -1.27. The molecule has 0 amide bonds. The van der Waals surface area contributed by atoms with Crippen molar-refractivity contribution in [2.24, 2.45) is 5.73 Å². The van der Waals surface area contributed by atoms with E-state index >= 15 is 0 Å². The van der Waals surface area contributed by atoms with Crippen molar-refractivity contribution in [3.05, 3.63) is 12.2 Å². The number of aliphatic hydroxyl groups is 3. The number of hydrogen-bond acceptors (Lipinski definition) is 5. The Bertz CT molecular complexity index is 323. The summed E-state index contributed by atoms with van der Waals surface area (Å²) in [5.41, 5.74) is 5.79. The van der Waals surface area contributed by atoms with Crippen LogP contribution in [0.25, 0.3) is 0 Å². The second-order valence-corrected chi connectivity index (χ2v) is 7.37. The van der Waals surface area contributed by atoms with Gasteiger partial charge in [0.25, 0.3) is 0 Å². The summed E-state index contributed by atoms with van der Waals surface area (Å²) in [6.45, 7) is 3.68. The molecule has 0 aliphatic rings. The number of nitrogens with two attached hydrogens (primary N) is 1. The molecule has 0 unspecified atom stereocenters. The van der Waals surface area contributed by atoms with E-state index in [2.05, 4.69) is 6.92 Å². The van der Waals surface area contributed by atoms with Crippen molar-refractivity contribution in [2.45, 2.75) is 115 Å². The van der Waals surface area contributed by atoms with Gasteiger partial charge in [-0.15, -0.1) is 0 Å². The highest BCUT2D eigenvalue weighted by Crippen LogP contribution is 2.12. The lowest BCUT2D eigenvalue weighted by Crippen LogP contribution is -2.40. The quantitative estimate of drug-likeness (QED) is 0.167. The second-order valence-electron chi connectivity index (χ2n) is 7.37. The van der Waals surface area contributed by atoms with Gasteiger partial charge < -0.3 is 25.8 Å². The molecule has 5 N–H and O–H groups in total. The maximum absolute atomic E-state index is 9.91. The number of aliphatic hydroxyl groups excluding tert-OH is 3. The fourth-order valence-corrected chi connectivity index (χ4v) is 2.75. The van der Waals surface area contributed by atoms with Crippen molar-refractivity contribution in [2.75, 3.05) is 6.61 Å². The highest BCUT2D eigenvalue weighted by atomic mass is 16.6. The van der Waals surface area contributed by atoms with E-state index in [1.807, 2.05) is 6.08 Å². The van der Waals surface area contributed by atoms with Gasteiger partial charge in [0.15, 0.2) is 6.29 Å². The Labute approximate surface area is 160 Å². The summed E-state index contributed by atoms with van der Waals surface area (Å²) in [5.74, 6) is 0. The first-order valence-electron chi connectivity index (χ1n) is 10.6. The zero-order valence-corrected chi connectivity index (χ0v) is 17.0. The van der Waals surface area contributed by atoms with Crippen molar-refractivity contribution < 1.29 is 20.1 Å². The summed E-state index contributed by atoms with van der Waals surface area (Å²) in [5, 5.41) is 28.4. The van der Waals surface area contributed by atoms with Crippen LogP contribution in [-0.4, -0.2) is 46.5 Å². The summed E-state index contributed by atoms with van der Waals surface area (Å²) in [6, 6.07) is -0.614. The van der Waals surface area contributed by atoms with Crippen LogP contribution in [0.4, 0.5) is 0 Å². The SMILES string of the molecule is CCCCCCCCCCCCC/C=C/[C@@H](O)[C@H](N)CO[C@H](O)[C@@H](C)O. The number of rotatable bonds is 18. The highest BCUT2D eigenvalue weighted by molar-refractivity contribution is 4.93. The molecule has 0 bridgehead atoms. The molecule has 0 aliphatic heterocycles. The molecule has 0 spiro atoms. The van der Waals surface area contributed by atoms with E-state index in [0.29, 0.717) is 0 Å². The molecule has 0 radical (unpaired) electrons. The van der Waals surface area contributed by atoms with Crippen LogP contribution in [0.5, 0.6) is 0 Å². The normalized spacial score (nSPS) is 16.7. The van der Waals surface area contributed by atoms with Gasteiger partial charge in [-0.25, -0.2) is 0 Å². The van der Waals surface area contributed by atoms with Crippen LogP contribution < -0.4 is 5.73 Å². The molecule has 0 aliphatic carbocycles. The molecule has 0 aromatic heterocycles. The van der Waals surface area contributed by atoms with Gasteiger partial charge in [-0.2, -0.15) is 0 Å². The molecule has 4 atom stereocenters. The largest absolute Gasteiger partial charge is 0.388 e. The van der Waals surface area contributed by atoms with E-state index in [-0.39, 0.29) is 6.61 Å². The Morgan fingerprint density at radius 1 is 0.846 bits per heavy atom. The minimum Gasteiger partial charge on any atom is -0.388 e. The summed E-state index contributed by atoms with van der Waals surface area (Å²) in [7, 11) is 0. The standard InChI is InChI=1S/C21H43NO4/c1-3-4-5-6-7-8-9-10-11-12-13-14-15-16-20(24)19(22)17-26-21(25)18(2)23/h15-16,18-21,23-25H,3-14,17,22H2,1-2H3/b16-15+/t18-,19-,20-,21+/m1/s1. The molecule has 156 valence electrons. The molecule has 26 heavy (non-hydrogen) atoms. The predicted molar refractivity (Wildman–Crippen MR) is 108 cm³/mol. The Balaban J connectivity index is 3.48. The van der Waals surface area contributed by atoms with Crippen molar-refractivity contribution in [1.29, 1.82) is 0 Å². The Hall–Kier alpha value is -0.460. The van der Waals surface area contributed by atoms with E-state index in [4.69, 9.17) is 15.6 Å².